The van der Waals surface area contributed by atoms with Gasteiger partial charge in [-0.15, -0.1) is 0 Å². The van der Waals surface area contributed by atoms with Crippen LogP contribution in [0.25, 0.3) is 10.9 Å². The van der Waals surface area contributed by atoms with Crippen LogP contribution in [0.3, 0.4) is 0 Å². The topological polar surface area (TPSA) is 70.6 Å². The molecule has 0 unspecified atom stereocenters. The molecule has 230 valence electrons. The highest BCUT2D eigenvalue weighted by Crippen LogP contribution is 2.33. The van der Waals surface area contributed by atoms with E-state index in [4.69, 9.17) is 4.74 Å². The Kier molecular flexibility index (Phi) is 9.71. The molecule has 0 bridgehead atoms. The van der Waals surface area contributed by atoms with Crippen LogP contribution in [-0.4, -0.2) is 67.4 Å². The number of aromatic nitrogens is 1. The van der Waals surface area contributed by atoms with Crippen LogP contribution in [-0.2, 0) is 6.54 Å². The number of hydrogen-bond acceptors (Lipinski definition) is 5. The van der Waals surface area contributed by atoms with Crippen molar-refractivity contribution in [2.75, 3.05) is 44.4 Å². The number of benzene rings is 2. The molecule has 7 nitrogen and oxygen atoms in total. The summed E-state index contributed by atoms with van der Waals surface area (Å²) in [6.45, 7) is 1.46. The molecule has 0 atom stereocenters. The van der Waals surface area contributed by atoms with E-state index in [2.05, 4.69) is 32.7 Å². The monoisotopic (exact) mass is 595 g/mol. The minimum absolute atomic E-state index is 0.175. The fourth-order valence-electron chi connectivity index (χ4n) is 6.35. The second-order valence-electron chi connectivity index (χ2n) is 11.4. The van der Waals surface area contributed by atoms with Crippen LogP contribution in [0.4, 0.5) is 24.5 Å². The third kappa shape index (κ3) is 7.57. The maximum atomic E-state index is 13.7. The van der Waals surface area contributed by atoms with E-state index in [0.717, 1.165) is 36.8 Å². The van der Waals surface area contributed by atoms with Crippen molar-refractivity contribution < 1.29 is 22.7 Å². The van der Waals surface area contributed by atoms with Crippen molar-refractivity contribution in [3.63, 3.8) is 0 Å². The number of amides is 1. The molecule has 2 aromatic carbocycles. The van der Waals surface area contributed by atoms with Crippen LogP contribution in [0.15, 0.2) is 42.5 Å². The molecule has 0 radical (unpaired) electrons. The zero-order valence-electron chi connectivity index (χ0n) is 24.8. The first-order valence-corrected chi connectivity index (χ1v) is 15.1. The molecule has 10 heteroatoms. The van der Waals surface area contributed by atoms with Crippen molar-refractivity contribution in [2.24, 2.45) is 0 Å². The van der Waals surface area contributed by atoms with Gasteiger partial charge in [-0.05, 0) is 93.9 Å². The Morgan fingerprint density at radius 1 is 1.02 bits per heavy atom. The lowest BCUT2D eigenvalue weighted by Gasteiger charge is -2.39. The standard InChI is InChI=1S/C33H40F3N5O2/c1-37-32(42)23-11-16-29(31(20-23)43-2)38-17-7-8-26-21-27-28(9-6-10-30(27)41(26)22-33(34,35)36)39-24-12-14-25(15-13-24)40-18-4-3-5-19-40/h6,9-11,16,20-21,24-25,38-39H,3-5,12-15,17-19,22H2,1-2H3,(H,37,42). The fourth-order valence-corrected chi connectivity index (χ4v) is 6.35. The Morgan fingerprint density at radius 2 is 1.79 bits per heavy atom. The van der Waals surface area contributed by atoms with Gasteiger partial charge in [-0.25, -0.2) is 0 Å². The van der Waals surface area contributed by atoms with E-state index in [1.165, 1.54) is 44.0 Å². The predicted molar refractivity (Wildman–Crippen MR) is 165 cm³/mol. The Bertz CT molecular complexity index is 1480. The summed E-state index contributed by atoms with van der Waals surface area (Å²) in [6, 6.07) is 13.2. The molecule has 5 rings (SSSR count). The van der Waals surface area contributed by atoms with E-state index in [-0.39, 0.29) is 12.5 Å². The number of hydrogen-bond donors (Lipinski definition) is 3. The lowest BCUT2D eigenvalue weighted by atomic mass is 9.89. The number of halogens is 3. The normalized spacial score (nSPS) is 19.4. The maximum absolute atomic E-state index is 13.7. The summed E-state index contributed by atoms with van der Waals surface area (Å²) in [5.74, 6) is 6.15. The molecule has 1 aliphatic heterocycles. The highest BCUT2D eigenvalue weighted by molar-refractivity contribution is 5.95. The molecule has 2 fully saturated rings. The van der Waals surface area contributed by atoms with Crippen molar-refractivity contribution in [1.29, 1.82) is 0 Å². The van der Waals surface area contributed by atoms with Crippen molar-refractivity contribution in [1.82, 2.24) is 14.8 Å². The van der Waals surface area contributed by atoms with Gasteiger partial charge in [-0.3, -0.25) is 4.79 Å². The second kappa shape index (κ2) is 13.6. The van der Waals surface area contributed by atoms with Gasteiger partial charge in [-0.2, -0.15) is 13.2 Å². The highest BCUT2D eigenvalue weighted by Gasteiger charge is 2.30. The number of carbonyl (C=O) groups is 1. The van der Waals surface area contributed by atoms with Gasteiger partial charge >= 0.3 is 6.18 Å². The van der Waals surface area contributed by atoms with Crippen molar-refractivity contribution in [2.45, 2.75) is 69.8 Å². The molecule has 1 aromatic heterocycles. The van der Waals surface area contributed by atoms with Crippen LogP contribution in [0.1, 0.15) is 61.0 Å². The van der Waals surface area contributed by atoms with Gasteiger partial charge in [0.2, 0.25) is 0 Å². The molecule has 43 heavy (non-hydrogen) atoms. The number of likely N-dealkylation sites (tertiary alicyclic amines) is 1. The summed E-state index contributed by atoms with van der Waals surface area (Å²) < 4.78 is 47.6. The van der Waals surface area contributed by atoms with Gasteiger partial charge in [0.1, 0.15) is 12.3 Å². The smallest absolute Gasteiger partial charge is 0.406 e. The SMILES string of the molecule is CNC(=O)c1ccc(NCC#Cc2cc3c(NC4CCC(N5CCCCC5)CC4)cccc3n2CC(F)(F)F)c(OC)c1. The second-order valence-corrected chi connectivity index (χ2v) is 11.4. The summed E-state index contributed by atoms with van der Waals surface area (Å²) in [4.78, 5) is 14.6. The lowest BCUT2D eigenvalue weighted by molar-refractivity contribution is -0.140. The van der Waals surface area contributed by atoms with Gasteiger partial charge in [0.05, 0.1) is 30.6 Å². The van der Waals surface area contributed by atoms with E-state index in [1.807, 2.05) is 12.1 Å². The number of piperidine rings is 1. The summed E-state index contributed by atoms with van der Waals surface area (Å²) in [7, 11) is 3.05. The summed E-state index contributed by atoms with van der Waals surface area (Å²) >= 11 is 0. The van der Waals surface area contributed by atoms with Gasteiger partial charge in [0.25, 0.3) is 5.91 Å². The summed E-state index contributed by atoms with van der Waals surface area (Å²) in [5, 5.41) is 10.1. The lowest BCUT2D eigenvalue weighted by Crippen LogP contribution is -2.43. The Labute approximate surface area is 251 Å². The number of anilines is 2. The predicted octanol–water partition coefficient (Wildman–Crippen LogP) is 6.24. The van der Waals surface area contributed by atoms with E-state index in [9.17, 15) is 18.0 Å². The summed E-state index contributed by atoms with van der Waals surface area (Å²) in [6.07, 6.45) is 3.90. The van der Waals surface area contributed by atoms with Gasteiger partial charge < -0.3 is 30.2 Å². The third-order valence-corrected chi connectivity index (χ3v) is 8.52. The average molecular weight is 596 g/mol. The molecule has 0 spiro atoms. The van der Waals surface area contributed by atoms with Crippen molar-refractivity contribution in [3.8, 4) is 17.6 Å². The van der Waals surface area contributed by atoms with Crippen molar-refractivity contribution in [3.05, 3.63) is 53.7 Å². The molecule has 1 saturated heterocycles. The number of rotatable bonds is 8. The Balaban J connectivity index is 1.32. The number of nitrogens with zero attached hydrogens (tertiary/aromatic N) is 2. The number of alkyl halides is 3. The first kappa shape index (κ1) is 30.6. The van der Waals surface area contributed by atoms with Crippen LogP contribution >= 0.6 is 0 Å². The molecule has 1 aliphatic carbocycles. The molecule has 2 aliphatic rings. The number of ether oxygens (including phenoxy) is 1. The van der Waals surface area contributed by atoms with Crippen LogP contribution in [0.2, 0.25) is 0 Å². The molecular weight excluding hydrogens is 555 g/mol. The molecule has 2 heterocycles. The first-order chi connectivity index (χ1) is 20.8. The number of fused-ring (bicyclic) bond motifs is 1. The molecule has 1 saturated carbocycles. The van der Waals surface area contributed by atoms with E-state index in [0.29, 0.717) is 40.3 Å². The van der Waals surface area contributed by atoms with Crippen LogP contribution < -0.4 is 20.7 Å². The van der Waals surface area contributed by atoms with E-state index < -0.39 is 12.7 Å². The highest BCUT2D eigenvalue weighted by atomic mass is 19.4. The first-order valence-electron chi connectivity index (χ1n) is 15.1. The number of methoxy groups -OCH3 is 1. The Morgan fingerprint density at radius 3 is 2.49 bits per heavy atom. The molecule has 1 amide bonds. The minimum atomic E-state index is -4.39. The Hall–Kier alpha value is -3.84. The van der Waals surface area contributed by atoms with E-state index in [1.54, 1.807) is 37.4 Å². The van der Waals surface area contributed by atoms with Crippen LogP contribution in [0, 0.1) is 11.8 Å². The van der Waals surface area contributed by atoms with Gasteiger partial charge in [0, 0.05) is 35.8 Å². The van der Waals surface area contributed by atoms with E-state index >= 15 is 0 Å². The van der Waals surface area contributed by atoms with Gasteiger partial charge in [0.15, 0.2) is 0 Å². The number of nitrogens with one attached hydrogen (secondary N) is 3. The molecule has 3 aromatic rings. The maximum Gasteiger partial charge on any atom is 0.406 e. The quantitative estimate of drug-likeness (QED) is 0.269. The summed E-state index contributed by atoms with van der Waals surface area (Å²) in [5.41, 5.74) is 2.74. The van der Waals surface area contributed by atoms with Crippen LogP contribution in [0.5, 0.6) is 5.75 Å². The zero-order chi connectivity index (χ0) is 30.4. The minimum Gasteiger partial charge on any atom is -0.495 e. The fraction of sp³-hybridized carbons (Fsp3) is 0.485. The molecule has 3 N–H and O–H groups in total. The largest absolute Gasteiger partial charge is 0.495 e. The number of carbonyl (C=O) groups excluding carboxylic acids is 1. The van der Waals surface area contributed by atoms with Gasteiger partial charge in [-0.1, -0.05) is 18.4 Å². The third-order valence-electron chi connectivity index (χ3n) is 8.52. The average Bonchev–Trinajstić information content (AvgIpc) is 3.36. The van der Waals surface area contributed by atoms with Crippen molar-refractivity contribution >= 4 is 28.2 Å². The molecular formula is C33H40F3N5O2. The zero-order valence-corrected chi connectivity index (χ0v) is 24.8.